The van der Waals surface area contributed by atoms with E-state index in [4.69, 9.17) is 14.7 Å². The molecule has 1 saturated heterocycles. The van der Waals surface area contributed by atoms with Crippen LogP contribution in [0.15, 0.2) is 48.4 Å². The highest BCUT2D eigenvalue weighted by Crippen LogP contribution is 2.37. The molecule has 9 heteroatoms. The van der Waals surface area contributed by atoms with E-state index in [2.05, 4.69) is 32.3 Å². The number of nitrogens with zero attached hydrogens (tertiary/aromatic N) is 6. The molecule has 0 spiro atoms. The second-order valence-electron chi connectivity index (χ2n) is 7.73. The monoisotopic (exact) mass is 431 g/mol. The van der Waals surface area contributed by atoms with Gasteiger partial charge in [-0.25, -0.2) is 15.0 Å². The van der Waals surface area contributed by atoms with Crippen LogP contribution in [0.4, 0.5) is 5.82 Å². The molecule has 8 nitrogen and oxygen atoms in total. The zero-order valence-electron chi connectivity index (χ0n) is 17.0. The molecule has 6 rings (SSSR count). The van der Waals surface area contributed by atoms with Gasteiger partial charge in [-0.15, -0.1) is 11.3 Å². The number of morpholine rings is 1. The Balaban J connectivity index is 1.57. The van der Waals surface area contributed by atoms with Gasteiger partial charge < -0.3 is 14.6 Å². The average molecular weight is 432 g/mol. The summed E-state index contributed by atoms with van der Waals surface area (Å²) in [5.74, 6) is 1.70. The standard InChI is InChI=1S/C22H21N7OS/c1-14-12-30-10-9-29(14)22-19-18(15(13-31-19)11-28-8-2-5-25-28)26-21(27-22)17-4-7-24-20-16(17)3-6-23-20/h2-8,13-14H,9-12H2,1H3,(H,23,24)/t14-/m1/s1. The third-order valence-corrected chi connectivity index (χ3v) is 6.72. The lowest BCUT2D eigenvalue weighted by Gasteiger charge is -2.34. The van der Waals surface area contributed by atoms with Crippen LogP contribution >= 0.6 is 11.3 Å². The first-order valence-electron chi connectivity index (χ1n) is 10.3. The highest BCUT2D eigenvalue weighted by atomic mass is 32.1. The van der Waals surface area contributed by atoms with E-state index in [9.17, 15) is 0 Å². The Bertz CT molecular complexity index is 1360. The maximum Gasteiger partial charge on any atom is 0.163 e. The molecule has 0 aromatic carbocycles. The summed E-state index contributed by atoms with van der Waals surface area (Å²) in [4.78, 5) is 20.1. The molecular formula is C22H21N7OS. The van der Waals surface area contributed by atoms with Crippen LogP contribution in [0.1, 0.15) is 12.5 Å². The second kappa shape index (κ2) is 7.44. The average Bonchev–Trinajstić information content (AvgIpc) is 3.55. The van der Waals surface area contributed by atoms with Crippen LogP contribution in [-0.2, 0) is 11.3 Å². The minimum atomic E-state index is 0.251. The molecule has 0 radical (unpaired) electrons. The van der Waals surface area contributed by atoms with Crippen molar-refractivity contribution in [3.05, 3.63) is 53.9 Å². The van der Waals surface area contributed by atoms with E-state index in [1.54, 1.807) is 23.7 Å². The predicted octanol–water partition coefficient (Wildman–Crippen LogP) is 3.70. The van der Waals surface area contributed by atoms with Gasteiger partial charge in [-0.1, -0.05) is 0 Å². The number of pyridine rings is 1. The molecule has 6 heterocycles. The Hall–Kier alpha value is -3.30. The first-order valence-corrected chi connectivity index (χ1v) is 11.2. The van der Waals surface area contributed by atoms with Crippen molar-refractivity contribution in [2.45, 2.75) is 19.5 Å². The van der Waals surface area contributed by atoms with Crippen molar-refractivity contribution < 1.29 is 4.74 Å². The number of H-pyrrole nitrogens is 1. The lowest BCUT2D eigenvalue weighted by atomic mass is 10.1. The number of anilines is 1. The van der Waals surface area contributed by atoms with Crippen molar-refractivity contribution in [3.63, 3.8) is 0 Å². The van der Waals surface area contributed by atoms with Gasteiger partial charge in [-0.2, -0.15) is 5.10 Å². The Morgan fingerprint density at radius 1 is 1.26 bits per heavy atom. The lowest BCUT2D eigenvalue weighted by Crippen LogP contribution is -2.44. The van der Waals surface area contributed by atoms with Crippen molar-refractivity contribution in [3.8, 4) is 11.4 Å². The van der Waals surface area contributed by atoms with E-state index in [1.807, 2.05) is 35.3 Å². The molecule has 0 amide bonds. The third-order valence-electron chi connectivity index (χ3n) is 5.70. The lowest BCUT2D eigenvalue weighted by molar-refractivity contribution is 0.0987. The highest BCUT2D eigenvalue weighted by Gasteiger charge is 2.25. The third kappa shape index (κ3) is 3.17. The Morgan fingerprint density at radius 3 is 3.10 bits per heavy atom. The number of rotatable bonds is 4. The van der Waals surface area contributed by atoms with Gasteiger partial charge in [0.05, 0.1) is 36.0 Å². The molecule has 156 valence electrons. The van der Waals surface area contributed by atoms with Gasteiger partial charge in [0.1, 0.15) is 5.65 Å². The molecule has 1 N–H and O–H groups in total. The van der Waals surface area contributed by atoms with Gasteiger partial charge in [-0.05, 0) is 30.5 Å². The van der Waals surface area contributed by atoms with Crippen LogP contribution in [0, 0.1) is 0 Å². The molecule has 1 fully saturated rings. The molecule has 1 atom stereocenters. The fraction of sp³-hybridized carbons (Fsp3) is 0.273. The summed E-state index contributed by atoms with van der Waals surface area (Å²) in [7, 11) is 0. The van der Waals surface area contributed by atoms with Crippen LogP contribution in [0.2, 0.25) is 0 Å². The number of hydrogen-bond donors (Lipinski definition) is 1. The number of fused-ring (bicyclic) bond motifs is 2. The number of aromatic nitrogens is 6. The zero-order valence-corrected chi connectivity index (χ0v) is 17.8. The first-order chi connectivity index (χ1) is 15.3. The molecule has 31 heavy (non-hydrogen) atoms. The number of ether oxygens (including phenoxy) is 1. The summed E-state index contributed by atoms with van der Waals surface area (Å²) >= 11 is 1.70. The Morgan fingerprint density at radius 2 is 2.23 bits per heavy atom. The van der Waals surface area contributed by atoms with E-state index in [0.29, 0.717) is 25.6 Å². The highest BCUT2D eigenvalue weighted by molar-refractivity contribution is 7.18. The summed E-state index contributed by atoms with van der Waals surface area (Å²) in [6.45, 7) is 5.08. The van der Waals surface area contributed by atoms with Crippen molar-refractivity contribution in [2.75, 3.05) is 24.7 Å². The Kier molecular flexibility index (Phi) is 4.43. The topological polar surface area (TPSA) is 84.8 Å². The normalized spacial score (nSPS) is 17.1. The molecule has 5 aromatic heterocycles. The van der Waals surface area contributed by atoms with Crippen LogP contribution in [0.3, 0.4) is 0 Å². The zero-order chi connectivity index (χ0) is 20.8. The Labute approximate surface area is 182 Å². The van der Waals surface area contributed by atoms with Gasteiger partial charge in [-0.3, -0.25) is 4.68 Å². The largest absolute Gasteiger partial charge is 0.377 e. The summed E-state index contributed by atoms with van der Waals surface area (Å²) in [6.07, 6.45) is 7.48. The van der Waals surface area contributed by atoms with Crippen LogP contribution < -0.4 is 4.90 Å². The van der Waals surface area contributed by atoms with Gasteiger partial charge in [0.15, 0.2) is 11.6 Å². The van der Waals surface area contributed by atoms with Crippen molar-refractivity contribution in [2.24, 2.45) is 0 Å². The molecular weight excluding hydrogens is 410 g/mol. The fourth-order valence-corrected chi connectivity index (χ4v) is 5.15. The molecule has 5 aromatic rings. The maximum atomic E-state index is 5.68. The number of hydrogen-bond acceptors (Lipinski definition) is 7. The van der Waals surface area contributed by atoms with Crippen LogP contribution in [0.25, 0.3) is 32.6 Å². The van der Waals surface area contributed by atoms with E-state index in [1.165, 1.54) is 0 Å². The SMILES string of the molecule is C[C@@H]1COCCN1c1nc(-c2ccnc3[nH]ccc23)nc2c(Cn3cccn3)csc12. The van der Waals surface area contributed by atoms with Crippen molar-refractivity contribution in [1.82, 2.24) is 29.7 Å². The molecule has 1 aliphatic heterocycles. The second-order valence-corrected chi connectivity index (χ2v) is 8.61. The van der Waals surface area contributed by atoms with Gasteiger partial charge in [0.25, 0.3) is 0 Å². The fourth-order valence-electron chi connectivity index (χ4n) is 4.14. The van der Waals surface area contributed by atoms with Gasteiger partial charge in [0, 0.05) is 47.8 Å². The molecule has 1 aliphatic rings. The van der Waals surface area contributed by atoms with Gasteiger partial charge >= 0.3 is 0 Å². The quantitative estimate of drug-likeness (QED) is 0.467. The van der Waals surface area contributed by atoms with Crippen molar-refractivity contribution >= 4 is 38.4 Å². The maximum absolute atomic E-state index is 5.68. The smallest absolute Gasteiger partial charge is 0.163 e. The number of aromatic amines is 1. The first kappa shape index (κ1) is 18.5. The molecule has 0 bridgehead atoms. The van der Waals surface area contributed by atoms with E-state index in [0.717, 1.165) is 44.7 Å². The summed E-state index contributed by atoms with van der Waals surface area (Å²) in [6, 6.07) is 6.21. The summed E-state index contributed by atoms with van der Waals surface area (Å²) in [5, 5.41) is 7.57. The molecule has 0 aliphatic carbocycles. The predicted molar refractivity (Wildman–Crippen MR) is 121 cm³/mol. The van der Waals surface area contributed by atoms with Crippen molar-refractivity contribution in [1.29, 1.82) is 0 Å². The summed E-state index contributed by atoms with van der Waals surface area (Å²) < 4.78 is 8.72. The number of nitrogens with one attached hydrogen (secondary N) is 1. The minimum Gasteiger partial charge on any atom is -0.377 e. The molecule has 0 saturated carbocycles. The van der Waals surface area contributed by atoms with Crippen LogP contribution in [-0.4, -0.2) is 55.5 Å². The van der Waals surface area contributed by atoms with E-state index < -0.39 is 0 Å². The number of thiophene rings is 1. The minimum absolute atomic E-state index is 0.251. The van der Waals surface area contributed by atoms with E-state index in [-0.39, 0.29) is 6.04 Å². The van der Waals surface area contributed by atoms with E-state index >= 15 is 0 Å². The van der Waals surface area contributed by atoms with Crippen LogP contribution in [0.5, 0.6) is 0 Å². The molecule has 0 unspecified atom stereocenters. The van der Waals surface area contributed by atoms with Gasteiger partial charge in [0.2, 0.25) is 0 Å². The summed E-state index contributed by atoms with van der Waals surface area (Å²) in [5.41, 5.74) is 3.95.